The van der Waals surface area contributed by atoms with E-state index >= 15 is 0 Å². The Morgan fingerprint density at radius 1 is 1.28 bits per heavy atom. The largest absolute Gasteiger partial charge is 0.497 e. The van der Waals surface area contributed by atoms with Crippen LogP contribution in [-0.2, 0) is 0 Å². The molecular weight excluding hydrogens is 222 g/mol. The van der Waals surface area contributed by atoms with Gasteiger partial charge in [-0.1, -0.05) is 24.3 Å². The van der Waals surface area contributed by atoms with E-state index in [0.29, 0.717) is 6.04 Å². The van der Waals surface area contributed by atoms with Gasteiger partial charge in [-0.15, -0.1) is 0 Å². The van der Waals surface area contributed by atoms with Crippen LogP contribution in [0, 0.1) is 0 Å². The van der Waals surface area contributed by atoms with Crippen molar-refractivity contribution in [2.24, 2.45) is 0 Å². The molecule has 0 saturated heterocycles. The molecule has 1 aromatic carbocycles. The lowest BCUT2D eigenvalue weighted by Gasteiger charge is -2.31. The maximum absolute atomic E-state index is 5.21. The molecule has 2 heteroatoms. The van der Waals surface area contributed by atoms with Gasteiger partial charge < -0.3 is 9.64 Å². The minimum absolute atomic E-state index is 0.565. The van der Waals surface area contributed by atoms with E-state index in [-0.39, 0.29) is 0 Å². The number of benzene rings is 1. The maximum Gasteiger partial charge on any atom is 0.119 e. The van der Waals surface area contributed by atoms with Gasteiger partial charge in [-0.3, -0.25) is 0 Å². The highest BCUT2D eigenvalue weighted by Gasteiger charge is 2.19. The van der Waals surface area contributed by atoms with Crippen LogP contribution in [0.25, 0.3) is 0 Å². The molecule has 0 N–H and O–H groups in total. The van der Waals surface area contributed by atoms with Crippen molar-refractivity contribution in [3.05, 3.63) is 48.6 Å². The summed E-state index contributed by atoms with van der Waals surface area (Å²) in [4.78, 5) is 2.43. The van der Waals surface area contributed by atoms with E-state index < -0.39 is 0 Å². The van der Waals surface area contributed by atoms with Gasteiger partial charge in [0.25, 0.3) is 0 Å². The summed E-state index contributed by atoms with van der Waals surface area (Å²) in [5.74, 6) is 0.901. The van der Waals surface area contributed by atoms with Crippen molar-refractivity contribution < 1.29 is 4.74 Å². The van der Waals surface area contributed by atoms with Gasteiger partial charge in [0.05, 0.1) is 7.11 Å². The molecule has 0 saturated carbocycles. The predicted molar refractivity (Wildman–Crippen MR) is 77.3 cm³/mol. The molecule has 1 aliphatic rings. The topological polar surface area (TPSA) is 12.5 Å². The van der Waals surface area contributed by atoms with E-state index in [9.17, 15) is 0 Å². The molecule has 0 unspecified atom stereocenters. The van der Waals surface area contributed by atoms with Gasteiger partial charge in [0.1, 0.15) is 5.75 Å². The lowest BCUT2D eigenvalue weighted by Crippen LogP contribution is -2.34. The first-order valence-corrected chi connectivity index (χ1v) is 6.41. The first-order chi connectivity index (χ1) is 8.70. The van der Waals surface area contributed by atoms with E-state index in [0.717, 1.165) is 25.1 Å². The Balaban J connectivity index is 2.18. The Hall–Kier alpha value is -1.70. The average Bonchev–Trinajstić information content (AvgIpc) is 2.89. The molecular formula is C16H21NO. The van der Waals surface area contributed by atoms with E-state index in [1.54, 1.807) is 7.11 Å². The number of anilines is 1. The summed E-state index contributed by atoms with van der Waals surface area (Å²) in [7, 11) is 1.70. The van der Waals surface area contributed by atoms with Crippen LogP contribution in [-0.4, -0.2) is 19.7 Å². The lowest BCUT2D eigenvalue weighted by atomic mass is 10.1. The van der Waals surface area contributed by atoms with E-state index in [2.05, 4.69) is 42.7 Å². The molecule has 0 aromatic heterocycles. The van der Waals surface area contributed by atoms with Crippen LogP contribution in [0.15, 0.2) is 48.6 Å². The summed E-state index contributed by atoms with van der Waals surface area (Å²) in [6, 6.07) is 8.85. The zero-order valence-electron chi connectivity index (χ0n) is 11.2. The molecule has 2 rings (SSSR count). The molecule has 0 atom stereocenters. The second-order valence-corrected chi connectivity index (χ2v) is 4.88. The van der Waals surface area contributed by atoms with Gasteiger partial charge in [0, 0.05) is 18.3 Å². The van der Waals surface area contributed by atoms with E-state index in [4.69, 9.17) is 4.74 Å². The van der Waals surface area contributed by atoms with Crippen LogP contribution in [0.2, 0.25) is 0 Å². The van der Waals surface area contributed by atoms with Crippen molar-refractivity contribution in [3.63, 3.8) is 0 Å². The van der Waals surface area contributed by atoms with Gasteiger partial charge >= 0.3 is 0 Å². The first kappa shape index (κ1) is 12.7. The zero-order valence-corrected chi connectivity index (χ0v) is 11.2. The third kappa shape index (κ3) is 2.95. The normalized spacial score (nSPS) is 14.8. The number of hydrogen-bond acceptors (Lipinski definition) is 2. The van der Waals surface area contributed by atoms with E-state index in [1.807, 2.05) is 12.1 Å². The second kappa shape index (κ2) is 5.76. The minimum Gasteiger partial charge on any atom is -0.497 e. The number of rotatable bonds is 5. The Morgan fingerprint density at radius 3 is 2.39 bits per heavy atom. The highest BCUT2D eigenvalue weighted by molar-refractivity contribution is 5.51. The second-order valence-electron chi connectivity index (χ2n) is 4.88. The van der Waals surface area contributed by atoms with Crippen LogP contribution in [0.5, 0.6) is 5.75 Å². The molecule has 0 heterocycles. The Labute approximate surface area is 110 Å². The van der Waals surface area contributed by atoms with Crippen LogP contribution in [0.1, 0.15) is 19.8 Å². The highest BCUT2D eigenvalue weighted by atomic mass is 16.5. The summed E-state index contributed by atoms with van der Waals surface area (Å²) >= 11 is 0. The van der Waals surface area contributed by atoms with Gasteiger partial charge in [-0.25, -0.2) is 0 Å². The number of ether oxygens (including phenoxy) is 1. The van der Waals surface area contributed by atoms with Crippen molar-refractivity contribution in [3.8, 4) is 5.75 Å². The first-order valence-electron chi connectivity index (χ1n) is 6.41. The van der Waals surface area contributed by atoms with E-state index in [1.165, 1.54) is 11.3 Å². The summed E-state index contributed by atoms with van der Waals surface area (Å²) in [5, 5.41) is 0. The molecule has 0 bridgehead atoms. The van der Waals surface area contributed by atoms with Crippen LogP contribution >= 0.6 is 0 Å². The van der Waals surface area contributed by atoms with Crippen molar-refractivity contribution in [1.29, 1.82) is 0 Å². The smallest absolute Gasteiger partial charge is 0.119 e. The fraction of sp³-hybridized carbons (Fsp3) is 0.375. The summed E-state index contributed by atoms with van der Waals surface area (Å²) < 4.78 is 5.21. The van der Waals surface area contributed by atoms with Crippen molar-refractivity contribution in [2.45, 2.75) is 25.8 Å². The predicted octanol–water partition coefficient (Wildman–Crippen LogP) is 3.80. The van der Waals surface area contributed by atoms with Crippen LogP contribution in [0.3, 0.4) is 0 Å². The van der Waals surface area contributed by atoms with Gasteiger partial charge in [-0.2, -0.15) is 0 Å². The summed E-state index contributed by atoms with van der Waals surface area (Å²) in [6.45, 7) is 7.04. The highest BCUT2D eigenvalue weighted by Crippen LogP contribution is 2.26. The minimum atomic E-state index is 0.565. The molecule has 1 aliphatic carbocycles. The molecule has 96 valence electrons. The molecule has 0 spiro atoms. The fourth-order valence-electron chi connectivity index (χ4n) is 2.35. The average molecular weight is 243 g/mol. The molecule has 2 nitrogen and oxygen atoms in total. The molecule has 1 aromatic rings. The molecule has 0 amide bonds. The standard InChI is InChI=1S/C16H21NO/c1-13(2)12-17(14-6-4-5-7-14)15-8-10-16(18-3)11-9-15/h4-5,8-11,14H,1,6-7,12H2,2-3H3. The van der Waals surface area contributed by atoms with Crippen molar-refractivity contribution in [2.75, 3.05) is 18.6 Å². The third-order valence-electron chi connectivity index (χ3n) is 3.27. The number of hydrogen-bond donors (Lipinski definition) is 0. The molecule has 0 aliphatic heterocycles. The third-order valence-corrected chi connectivity index (χ3v) is 3.27. The Morgan fingerprint density at radius 2 is 1.89 bits per heavy atom. The van der Waals surface area contributed by atoms with Crippen LogP contribution in [0.4, 0.5) is 5.69 Å². The monoisotopic (exact) mass is 243 g/mol. The number of methoxy groups -OCH3 is 1. The number of nitrogens with zero attached hydrogens (tertiary/aromatic N) is 1. The Bertz CT molecular complexity index is 425. The quantitative estimate of drug-likeness (QED) is 0.729. The maximum atomic E-state index is 5.21. The van der Waals surface area contributed by atoms with Crippen molar-refractivity contribution >= 4 is 5.69 Å². The SMILES string of the molecule is C=C(C)CN(c1ccc(OC)cc1)C1CC=CC1. The van der Waals surface area contributed by atoms with Gasteiger partial charge in [0.15, 0.2) is 0 Å². The fourth-order valence-corrected chi connectivity index (χ4v) is 2.35. The Kier molecular flexibility index (Phi) is 4.08. The molecule has 0 radical (unpaired) electrons. The lowest BCUT2D eigenvalue weighted by molar-refractivity contribution is 0.415. The molecule has 18 heavy (non-hydrogen) atoms. The van der Waals surface area contributed by atoms with Gasteiger partial charge in [0.2, 0.25) is 0 Å². The summed E-state index contributed by atoms with van der Waals surface area (Å²) in [6.07, 6.45) is 6.78. The molecule has 0 fully saturated rings. The van der Waals surface area contributed by atoms with Crippen molar-refractivity contribution in [1.82, 2.24) is 0 Å². The zero-order chi connectivity index (χ0) is 13.0. The summed E-state index contributed by atoms with van der Waals surface area (Å²) in [5.41, 5.74) is 2.44. The van der Waals surface area contributed by atoms with Crippen LogP contribution < -0.4 is 9.64 Å². The van der Waals surface area contributed by atoms with Gasteiger partial charge in [-0.05, 0) is 44.0 Å².